The highest BCUT2D eigenvalue weighted by atomic mass is 19.3. The van der Waals surface area contributed by atoms with Crippen molar-refractivity contribution in [2.24, 2.45) is 11.8 Å². The van der Waals surface area contributed by atoms with Crippen LogP contribution in [-0.4, -0.2) is 43.6 Å². The van der Waals surface area contributed by atoms with Crippen LogP contribution in [0.1, 0.15) is 51.4 Å². The van der Waals surface area contributed by atoms with Gasteiger partial charge < -0.3 is 18.9 Å². The van der Waals surface area contributed by atoms with Crippen molar-refractivity contribution in [3.63, 3.8) is 0 Å². The fraction of sp³-hybridized carbons (Fsp3) is 0.593. The summed E-state index contributed by atoms with van der Waals surface area (Å²) in [5.41, 5.74) is 0. The zero-order chi connectivity index (χ0) is 23.8. The third-order valence-electron chi connectivity index (χ3n) is 6.68. The molecule has 0 aromatic heterocycles. The molecule has 1 aromatic rings. The largest absolute Gasteiger partial charge is 0.487 e. The van der Waals surface area contributed by atoms with Crippen molar-refractivity contribution in [3.8, 4) is 5.75 Å². The average molecular weight is 477 g/mol. The number of ether oxygens (including phenoxy) is 4. The number of hydrogen-bond donors (Lipinski definition) is 0. The van der Waals surface area contributed by atoms with Crippen LogP contribution in [0.25, 0.3) is 0 Å². The third kappa shape index (κ3) is 7.12. The van der Waals surface area contributed by atoms with E-state index in [1.807, 2.05) is 0 Å². The molecule has 34 heavy (non-hydrogen) atoms. The van der Waals surface area contributed by atoms with Crippen LogP contribution in [0.3, 0.4) is 0 Å². The summed E-state index contributed by atoms with van der Waals surface area (Å²) in [4.78, 5) is 12.3. The Hall–Kier alpha value is -2.25. The number of alkyl halides is 2. The Morgan fingerprint density at radius 1 is 1.12 bits per heavy atom. The van der Waals surface area contributed by atoms with E-state index in [9.17, 15) is 13.6 Å². The Balaban J connectivity index is 1.49. The maximum atomic E-state index is 14.7. The van der Waals surface area contributed by atoms with Gasteiger partial charge in [-0.15, -0.1) is 0 Å². The molecular weight excluding hydrogens is 442 g/mol. The first-order valence-corrected chi connectivity index (χ1v) is 12.4. The monoisotopic (exact) mass is 476 g/mol. The lowest BCUT2D eigenvalue weighted by molar-refractivity contribution is -0.193. The molecule has 0 N–H and O–H groups in total. The Kier molecular flexibility index (Phi) is 8.73. The number of esters is 1. The van der Waals surface area contributed by atoms with Crippen LogP contribution in [0.2, 0.25) is 0 Å². The Labute approximate surface area is 200 Å². The predicted molar refractivity (Wildman–Crippen MR) is 124 cm³/mol. The maximum Gasteiger partial charge on any atom is 0.306 e. The molecule has 2 aliphatic heterocycles. The number of fused-ring (bicyclic) bond motifs is 1. The van der Waals surface area contributed by atoms with E-state index in [4.69, 9.17) is 18.9 Å². The van der Waals surface area contributed by atoms with Gasteiger partial charge in [0.15, 0.2) is 12.9 Å². The summed E-state index contributed by atoms with van der Waals surface area (Å²) >= 11 is 0. The van der Waals surface area contributed by atoms with Gasteiger partial charge in [0.1, 0.15) is 11.9 Å². The number of rotatable bonds is 7. The summed E-state index contributed by atoms with van der Waals surface area (Å²) < 4.78 is 52.5. The van der Waals surface area contributed by atoms with Crippen molar-refractivity contribution in [2.75, 3.05) is 13.2 Å². The molecule has 2 heterocycles. The summed E-state index contributed by atoms with van der Waals surface area (Å²) in [6.45, 7) is -0.113. The number of allylic oxidation sites excluding steroid dienone is 2. The van der Waals surface area contributed by atoms with Crippen LogP contribution >= 0.6 is 0 Å². The SMILES string of the molecule is O=C1CCCC=CC[C@@H]2[C@@H](C=CC(F)(F)COc3ccccc3)[C@H](OC3CCCCO3)C[C@@H]2O1. The minimum atomic E-state index is -3.15. The molecule has 0 spiro atoms. The van der Waals surface area contributed by atoms with Crippen LogP contribution in [0.5, 0.6) is 5.75 Å². The van der Waals surface area contributed by atoms with E-state index in [-0.39, 0.29) is 36.3 Å². The smallest absolute Gasteiger partial charge is 0.306 e. The molecule has 5 atom stereocenters. The van der Waals surface area contributed by atoms with Gasteiger partial charge in [-0.3, -0.25) is 4.79 Å². The zero-order valence-electron chi connectivity index (χ0n) is 19.5. The van der Waals surface area contributed by atoms with Crippen LogP contribution in [0, 0.1) is 11.8 Å². The maximum absolute atomic E-state index is 14.7. The molecular formula is C27H34F2O5. The molecule has 0 radical (unpaired) electrons. The van der Waals surface area contributed by atoms with Crippen LogP contribution in [-0.2, 0) is 19.0 Å². The summed E-state index contributed by atoms with van der Waals surface area (Å²) in [5.74, 6) is -3.44. The second-order valence-corrected chi connectivity index (χ2v) is 9.30. The van der Waals surface area contributed by atoms with Crippen molar-refractivity contribution >= 4 is 5.97 Å². The Morgan fingerprint density at radius 2 is 1.97 bits per heavy atom. The van der Waals surface area contributed by atoms with E-state index >= 15 is 0 Å². The second kappa shape index (κ2) is 11.9. The molecule has 186 valence electrons. The van der Waals surface area contributed by atoms with Gasteiger partial charge >= 0.3 is 5.97 Å². The van der Waals surface area contributed by atoms with E-state index in [0.29, 0.717) is 31.6 Å². The normalized spacial score (nSPS) is 30.6. The molecule has 1 unspecified atom stereocenters. The third-order valence-corrected chi connectivity index (χ3v) is 6.68. The minimum absolute atomic E-state index is 0.131. The van der Waals surface area contributed by atoms with Crippen molar-refractivity contribution in [2.45, 2.75) is 75.8 Å². The van der Waals surface area contributed by atoms with E-state index in [2.05, 4.69) is 12.2 Å². The predicted octanol–water partition coefficient (Wildman–Crippen LogP) is 5.85. The quantitative estimate of drug-likeness (QED) is 0.365. The Bertz CT molecular complexity index is 835. The number of benzene rings is 1. The van der Waals surface area contributed by atoms with E-state index < -0.39 is 12.5 Å². The van der Waals surface area contributed by atoms with E-state index in [0.717, 1.165) is 38.2 Å². The van der Waals surface area contributed by atoms with Gasteiger partial charge in [0, 0.05) is 31.3 Å². The first kappa shape index (κ1) is 24.9. The molecule has 4 rings (SSSR count). The van der Waals surface area contributed by atoms with Gasteiger partial charge in [-0.25, -0.2) is 0 Å². The number of halogens is 2. The molecule has 0 bridgehead atoms. The summed E-state index contributed by atoms with van der Waals surface area (Å²) in [5, 5.41) is 0. The van der Waals surface area contributed by atoms with Crippen LogP contribution < -0.4 is 4.74 Å². The van der Waals surface area contributed by atoms with E-state index in [1.54, 1.807) is 36.4 Å². The molecule has 1 saturated heterocycles. The zero-order valence-corrected chi connectivity index (χ0v) is 19.5. The highest BCUT2D eigenvalue weighted by Gasteiger charge is 2.46. The van der Waals surface area contributed by atoms with Crippen molar-refractivity contribution in [3.05, 3.63) is 54.6 Å². The number of para-hydroxylation sites is 1. The number of hydrogen-bond acceptors (Lipinski definition) is 5. The van der Waals surface area contributed by atoms with Gasteiger partial charge in [0.05, 0.1) is 6.10 Å². The molecule has 2 fully saturated rings. The lowest BCUT2D eigenvalue weighted by Gasteiger charge is -2.29. The van der Waals surface area contributed by atoms with E-state index in [1.165, 1.54) is 0 Å². The first-order chi connectivity index (χ1) is 16.5. The van der Waals surface area contributed by atoms with Gasteiger partial charge in [-0.1, -0.05) is 36.4 Å². The van der Waals surface area contributed by atoms with Gasteiger partial charge in [0.25, 0.3) is 5.92 Å². The van der Waals surface area contributed by atoms with Gasteiger partial charge in [-0.05, 0) is 56.7 Å². The lowest BCUT2D eigenvalue weighted by atomic mass is 9.89. The first-order valence-electron chi connectivity index (χ1n) is 12.4. The van der Waals surface area contributed by atoms with Crippen molar-refractivity contribution in [1.82, 2.24) is 0 Å². The van der Waals surface area contributed by atoms with Crippen LogP contribution in [0.4, 0.5) is 8.78 Å². The molecule has 3 aliphatic rings. The van der Waals surface area contributed by atoms with Gasteiger partial charge in [0.2, 0.25) is 0 Å². The standard InChI is InChI=1S/C27H34F2O5/c28-27(29,19-32-20-10-4-3-5-11-20)16-15-22-21-12-6-1-2-7-13-25(30)33-23(21)18-24(22)34-26-14-8-9-17-31-26/h1,3-6,10-11,15-16,21-24,26H,2,7-9,12-14,17-19H2/t21-,22-,23+,24-,26?/m1/s1. The second-order valence-electron chi connectivity index (χ2n) is 9.30. The fourth-order valence-corrected chi connectivity index (χ4v) is 4.91. The molecule has 1 aliphatic carbocycles. The Morgan fingerprint density at radius 3 is 2.76 bits per heavy atom. The molecule has 7 heteroatoms. The average Bonchev–Trinajstić information content (AvgIpc) is 3.15. The molecule has 1 saturated carbocycles. The number of carbonyl (C=O) groups is 1. The highest BCUT2D eigenvalue weighted by molar-refractivity contribution is 5.69. The van der Waals surface area contributed by atoms with Crippen LogP contribution in [0.15, 0.2) is 54.6 Å². The topological polar surface area (TPSA) is 54.0 Å². The highest BCUT2D eigenvalue weighted by Crippen LogP contribution is 2.42. The molecule has 1 aromatic carbocycles. The number of carbonyl (C=O) groups excluding carboxylic acids is 1. The fourth-order valence-electron chi connectivity index (χ4n) is 4.91. The molecule has 5 nitrogen and oxygen atoms in total. The summed E-state index contributed by atoms with van der Waals surface area (Å²) in [6.07, 6.45) is 11.4. The van der Waals surface area contributed by atoms with Crippen molar-refractivity contribution < 1.29 is 32.5 Å². The minimum Gasteiger partial charge on any atom is -0.487 e. The summed E-state index contributed by atoms with van der Waals surface area (Å²) in [6, 6.07) is 8.58. The van der Waals surface area contributed by atoms with Gasteiger partial charge in [-0.2, -0.15) is 8.78 Å². The summed E-state index contributed by atoms with van der Waals surface area (Å²) in [7, 11) is 0. The molecule has 0 amide bonds. The van der Waals surface area contributed by atoms with Crippen molar-refractivity contribution in [1.29, 1.82) is 0 Å². The lowest BCUT2D eigenvalue weighted by Crippen LogP contribution is -2.31.